The summed E-state index contributed by atoms with van der Waals surface area (Å²) < 4.78 is 40.1. The fraction of sp³-hybridized carbons (Fsp3) is 0.729. The second-order valence-electron chi connectivity index (χ2n) is 17.7. The minimum absolute atomic E-state index is 0.0111. The lowest BCUT2D eigenvalue weighted by atomic mass is 9.90. The number of furan rings is 1. The van der Waals surface area contributed by atoms with Crippen LogP contribution < -0.4 is 4.89 Å². The Balaban J connectivity index is 1.73. The van der Waals surface area contributed by atoms with Gasteiger partial charge in [-0.3, -0.25) is 18.9 Å². The summed E-state index contributed by atoms with van der Waals surface area (Å²) in [6.07, 6.45) is 26.5. The van der Waals surface area contributed by atoms with E-state index < -0.39 is 38.6 Å². The molecule has 1 heterocycles. The van der Waals surface area contributed by atoms with Gasteiger partial charge in [-0.25, -0.2) is 0 Å². The van der Waals surface area contributed by atoms with Gasteiger partial charge in [-0.15, -0.1) is 0 Å². The number of phosphoric ester groups is 1. The number of aliphatic hydroxyl groups excluding tert-OH is 1. The number of esters is 2. The molecule has 1 N–H and O–H groups in total. The van der Waals surface area contributed by atoms with Crippen LogP contribution in [0.3, 0.4) is 0 Å². The first kappa shape index (κ1) is 54.3. The number of quaternary nitrogens is 1. The number of unbranched alkanes of at least 4 members (excludes halogenated alkanes) is 10. The zero-order valence-electron chi connectivity index (χ0n) is 38.7. The summed E-state index contributed by atoms with van der Waals surface area (Å²) in [6.45, 7) is 8.09. The Morgan fingerprint density at radius 1 is 0.852 bits per heavy atom. The third-order valence-corrected chi connectivity index (χ3v) is 12.0. The van der Waals surface area contributed by atoms with Gasteiger partial charge in [0.05, 0.1) is 33.9 Å². The number of allylic oxidation sites excluding steroid dienone is 5. The molecule has 0 saturated carbocycles. The van der Waals surface area contributed by atoms with E-state index in [4.69, 9.17) is 22.9 Å². The second kappa shape index (κ2) is 30.3. The van der Waals surface area contributed by atoms with Gasteiger partial charge >= 0.3 is 11.9 Å². The third-order valence-electron chi connectivity index (χ3n) is 11.1. The average molecular weight is 878 g/mol. The number of hydrogen-bond donors (Lipinski definition) is 1. The highest BCUT2D eigenvalue weighted by molar-refractivity contribution is 7.45. The fourth-order valence-electron chi connectivity index (χ4n) is 7.10. The molecule has 2 rings (SSSR count). The van der Waals surface area contributed by atoms with Gasteiger partial charge in [0, 0.05) is 31.6 Å². The summed E-state index contributed by atoms with van der Waals surface area (Å²) >= 11 is 0. The quantitative estimate of drug-likeness (QED) is 0.0227. The molecule has 1 aromatic heterocycles. The largest absolute Gasteiger partial charge is 0.756 e. The summed E-state index contributed by atoms with van der Waals surface area (Å²) in [7, 11) is 1.02. The van der Waals surface area contributed by atoms with E-state index in [-0.39, 0.29) is 43.7 Å². The number of nitrogens with zero attached hydrogens (tertiary/aromatic N) is 1. The van der Waals surface area contributed by atoms with Gasteiger partial charge in [0.25, 0.3) is 7.82 Å². The summed E-state index contributed by atoms with van der Waals surface area (Å²) in [6, 6.07) is 0. The van der Waals surface area contributed by atoms with E-state index in [9.17, 15) is 28.9 Å². The highest BCUT2D eigenvalue weighted by Crippen LogP contribution is 2.38. The number of ketones is 1. The summed E-state index contributed by atoms with van der Waals surface area (Å²) in [4.78, 5) is 50.3. The van der Waals surface area contributed by atoms with Gasteiger partial charge in [0.15, 0.2) is 11.9 Å². The van der Waals surface area contributed by atoms with Crippen LogP contribution in [0, 0.1) is 25.7 Å². The maximum Gasteiger partial charge on any atom is 0.306 e. The number of aryl methyl sites for hydroxylation is 2. The van der Waals surface area contributed by atoms with E-state index in [1.54, 1.807) is 12.2 Å². The van der Waals surface area contributed by atoms with Crippen LogP contribution in [0.15, 0.2) is 40.9 Å². The lowest BCUT2D eigenvalue weighted by molar-refractivity contribution is -0.870. The highest BCUT2D eigenvalue weighted by atomic mass is 31.2. The molecule has 61 heavy (non-hydrogen) atoms. The number of carbonyl (C=O) groups is 3. The first-order valence-electron chi connectivity index (χ1n) is 23.1. The Hall–Kier alpha value is -2.86. The first-order chi connectivity index (χ1) is 29.0. The number of likely N-dealkylation sites (N-methyl/N-ethyl adjacent to an activating group) is 1. The minimum atomic E-state index is -4.70. The van der Waals surface area contributed by atoms with Gasteiger partial charge in [0.1, 0.15) is 31.3 Å². The molecule has 12 nitrogen and oxygen atoms in total. The van der Waals surface area contributed by atoms with E-state index in [1.165, 1.54) is 24.0 Å². The maximum absolute atomic E-state index is 12.8. The van der Waals surface area contributed by atoms with Crippen molar-refractivity contribution in [2.75, 3.05) is 47.5 Å². The van der Waals surface area contributed by atoms with Crippen LogP contribution in [0.2, 0.25) is 0 Å². The Bertz CT molecular complexity index is 1560. The topological polar surface area (TPSA) is 162 Å². The van der Waals surface area contributed by atoms with Gasteiger partial charge in [-0.05, 0) is 81.9 Å². The predicted octanol–water partition coefficient (Wildman–Crippen LogP) is 9.55. The van der Waals surface area contributed by atoms with Crippen LogP contribution >= 0.6 is 7.82 Å². The van der Waals surface area contributed by atoms with Crippen LogP contribution in [-0.2, 0) is 50.3 Å². The lowest BCUT2D eigenvalue weighted by Gasteiger charge is -2.28. The molecule has 0 radical (unpaired) electrons. The molecule has 0 bridgehead atoms. The molecular weight excluding hydrogens is 797 g/mol. The average Bonchev–Trinajstić information content (AvgIpc) is 3.69. The Labute approximate surface area is 367 Å². The molecule has 1 aromatic rings. The van der Waals surface area contributed by atoms with Crippen molar-refractivity contribution in [1.82, 2.24) is 0 Å². The van der Waals surface area contributed by atoms with E-state index in [1.807, 2.05) is 45.4 Å². The molecule has 0 aromatic carbocycles. The molecule has 0 amide bonds. The van der Waals surface area contributed by atoms with Crippen molar-refractivity contribution in [3.63, 3.8) is 0 Å². The molecule has 1 aliphatic rings. The summed E-state index contributed by atoms with van der Waals surface area (Å²) in [5, 5.41) is 10.2. The summed E-state index contributed by atoms with van der Waals surface area (Å²) in [5.41, 5.74) is 2.60. The Kier molecular flexibility index (Phi) is 26.9. The number of aliphatic hydroxyl groups is 1. The summed E-state index contributed by atoms with van der Waals surface area (Å²) in [5.74, 6) is 1.01. The number of carbonyl (C=O) groups excluding carboxylic acids is 3. The van der Waals surface area contributed by atoms with E-state index in [2.05, 4.69) is 27.7 Å². The van der Waals surface area contributed by atoms with Crippen molar-refractivity contribution < 1.29 is 56.4 Å². The Morgan fingerprint density at radius 2 is 1.51 bits per heavy atom. The fourth-order valence-corrected chi connectivity index (χ4v) is 7.83. The predicted molar refractivity (Wildman–Crippen MR) is 239 cm³/mol. The molecule has 1 aliphatic carbocycles. The van der Waals surface area contributed by atoms with Crippen molar-refractivity contribution in [1.29, 1.82) is 0 Å². The minimum Gasteiger partial charge on any atom is -0.756 e. The standard InChI is InChI=1S/C48H80NO11P/c1-8-10-19-26-41(50)31-32-43-40(30-33-44(43)51)25-20-17-18-23-29-48(53)59-42(37-58-61(54,55)57-35-34-49(5,6)7)36-56-47(52)28-22-16-14-12-11-13-15-21-27-46-39(4)38(3)45(60-46)24-9-2/h17,20,30-33,40-43,50H,8-16,18-19,21-29,34-37H2,1-7H3/b20-17-,32-31+/t40-,41-,42+,43+/m0/s1. The molecule has 1 unspecified atom stereocenters. The van der Waals surface area contributed by atoms with Crippen molar-refractivity contribution in [3.05, 3.63) is 59.1 Å². The van der Waals surface area contributed by atoms with E-state index >= 15 is 0 Å². The molecular formula is C48H80NO11P. The smallest absolute Gasteiger partial charge is 0.306 e. The highest BCUT2D eigenvalue weighted by Gasteiger charge is 2.27. The molecule has 13 heteroatoms. The van der Waals surface area contributed by atoms with Gasteiger partial charge < -0.3 is 37.4 Å². The zero-order valence-corrected chi connectivity index (χ0v) is 39.6. The first-order valence-corrected chi connectivity index (χ1v) is 24.6. The lowest BCUT2D eigenvalue weighted by Crippen LogP contribution is -2.37. The Morgan fingerprint density at radius 3 is 2.18 bits per heavy atom. The SMILES string of the molecule is CCCCC[C@H](O)/C=C/[C@H]1C(=O)C=C[C@@H]1C/C=C\CCCC(=O)O[C@H](COC(=O)CCCCCCCCCCc1oc(CCC)c(C)c1C)COP(=O)([O-])OCC[N+](C)(C)C. The number of hydrogen-bond acceptors (Lipinski definition) is 11. The normalized spacial score (nSPS) is 17.7. The van der Waals surface area contributed by atoms with Crippen LogP contribution in [0.1, 0.15) is 152 Å². The molecule has 5 atom stereocenters. The van der Waals surface area contributed by atoms with E-state index in [0.717, 1.165) is 82.1 Å². The van der Waals surface area contributed by atoms with Crippen molar-refractivity contribution >= 4 is 25.5 Å². The van der Waals surface area contributed by atoms with Crippen LogP contribution in [0.5, 0.6) is 0 Å². The molecule has 348 valence electrons. The molecule has 0 spiro atoms. The van der Waals surface area contributed by atoms with Crippen LogP contribution in [0.4, 0.5) is 0 Å². The zero-order chi connectivity index (χ0) is 45.1. The maximum atomic E-state index is 12.8. The number of phosphoric acid groups is 1. The molecule has 0 aliphatic heterocycles. The van der Waals surface area contributed by atoms with Crippen LogP contribution in [-0.4, -0.2) is 87.0 Å². The molecule has 0 fully saturated rings. The number of ether oxygens (including phenoxy) is 2. The van der Waals surface area contributed by atoms with Crippen LogP contribution in [0.25, 0.3) is 0 Å². The van der Waals surface area contributed by atoms with Gasteiger partial charge in [0.2, 0.25) is 0 Å². The van der Waals surface area contributed by atoms with E-state index in [0.29, 0.717) is 43.1 Å². The monoisotopic (exact) mass is 878 g/mol. The van der Waals surface area contributed by atoms with Crippen molar-refractivity contribution in [2.45, 2.75) is 168 Å². The molecule has 0 saturated heterocycles. The van der Waals surface area contributed by atoms with Gasteiger partial charge in [-0.1, -0.05) is 102 Å². The van der Waals surface area contributed by atoms with Crippen molar-refractivity contribution in [2.24, 2.45) is 11.8 Å². The van der Waals surface area contributed by atoms with Crippen molar-refractivity contribution in [3.8, 4) is 0 Å². The van der Waals surface area contributed by atoms with Gasteiger partial charge in [-0.2, -0.15) is 0 Å². The number of rotatable bonds is 35. The second-order valence-corrected chi connectivity index (χ2v) is 19.1. The third kappa shape index (κ3) is 24.5.